The molecule has 0 saturated carbocycles. The quantitative estimate of drug-likeness (QED) is 0.427. The van der Waals surface area contributed by atoms with Gasteiger partial charge >= 0.3 is 0 Å². The van der Waals surface area contributed by atoms with Crippen molar-refractivity contribution in [3.63, 3.8) is 0 Å². The van der Waals surface area contributed by atoms with Crippen molar-refractivity contribution in [1.82, 2.24) is 4.90 Å². The summed E-state index contributed by atoms with van der Waals surface area (Å²) in [6.07, 6.45) is 5.12. The van der Waals surface area contributed by atoms with Gasteiger partial charge in [-0.3, -0.25) is 0 Å². The lowest BCUT2D eigenvalue weighted by Crippen LogP contribution is -2.08. The van der Waals surface area contributed by atoms with Crippen LogP contribution in [0.4, 0.5) is 0 Å². The minimum absolute atomic E-state index is 0. The summed E-state index contributed by atoms with van der Waals surface area (Å²) >= 11 is 1.86. The lowest BCUT2D eigenvalue weighted by Gasteiger charge is -2.00. The van der Waals surface area contributed by atoms with Crippen molar-refractivity contribution in [3.8, 4) is 0 Å². The van der Waals surface area contributed by atoms with Crippen LogP contribution < -0.4 is 0 Å². The van der Waals surface area contributed by atoms with Gasteiger partial charge in [-0.15, -0.1) is 0 Å². The second-order valence-corrected chi connectivity index (χ2v) is 5.99. The van der Waals surface area contributed by atoms with Gasteiger partial charge in [0.2, 0.25) is 0 Å². The van der Waals surface area contributed by atoms with E-state index >= 15 is 0 Å². The third-order valence-electron chi connectivity index (χ3n) is 2.18. The summed E-state index contributed by atoms with van der Waals surface area (Å²) in [6.45, 7) is 16.5. The minimum Gasteiger partial charge on any atom is -0.385 e. The van der Waals surface area contributed by atoms with Crippen LogP contribution in [0.25, 0.3) is 0 Å². The second kappa shape index (κ2) is 92.5. The van der Waals surface area contributed by atoms with Crippen molar-refractivity contribution in [2.24, 2.45) is 0 Å². The maximum Gasteiger partial charge on any atom is 0.0515 e. The Balaban J connectivity index is -0.0000000137. The Bertz CT molecular complexity index is 102. The molecule has 0 heterocycles. The highest BCUT2D eigenvalue weighted by atomic mass is 32.2. The molecule has 4 heteroatoms. The van der Waals surface area contributed by atoms with Crippen molar-refractivity contribution < 1.29 is 9.47 Å². The van der Waals surface area contributed by atoms with Gasteiger partial charge in [-0.1, -0.05) is 85.1 Å². The van der Waals surface area contributed by atoms with E-state index < -0.39 is 0 Å². The molecule has 190 valence electrons. The Kier molecular flexibility index (Phi) is 233. The third-order valence-corrected chi connectivity index (χ3v) is 2.76. The van der Waals surface area contributed by atoms with Crippen molar-refractivity contribution in [1.29, 1.82) is 0 Å². The Labute approximate surface area is 191 Å². The van der Waals surface area contributed by atoms with Gasteiger partial charge < -0.3 is 14.4 Å². The van der Waals surface area contributed by atoms with E-state index in [1.165, 1.54) is 18.6 Å². The van der Waals surface area contributed by atoms with E-state index in [1.807, 2.05) is 32.5 Å². The van der Waals surface area contributed by atoms with Crippen molar-refractivity contribution >= 4 is 11.8 Å². The molecule has 0 aromatic carbocycles. The van der Waals surface area contributed by atoms with Crippen LogP contribution in [0.2, 0.25) is 0 Å². The van der Waals surface area contributed by atoms with Gasteiger partial charge in [0, 0.05) is 20.8 Å². The molecule has 0 aliphatic carbocycles. The van der Waals surface area contributed by atoms with Crippen molar-refractivity contribution in [3.05, 3.63) is 0 Å². The van der Waals surface area contributed by atoms with Crippen LogP contribution >= 0.6 is 11.8 Å². The molecule has 0 atom stereocenters. The number of nitrogens with zero attached hydrogens (tertiary/aromatic N) is 1. The zero-order valence-electron chi connectivity index (χ0n) is 17.8. The van der Waals surface area contributed by atoms with Crippen LogP contribution in [0.3, 0.4) is 0 Å². The lowest BCUT2D eigenvalue weighted by molar-refractivity contribution is 0.134. The van der Waals surface area contributed by atoms with E-state index in [2.05, 4.69) is 57.7 Å². The smallest absolute Gasteiger partial charge is 0.0515 e. The predicted molar refractivity (Wildman–Crippen MR) is 149 cm³/mol. The highest BCUT2D eigenvalue weighted by Crippen LogP contribution is 1.83. The van der Waals surface area contributed by atoms with Crippen molar-refractivity contribution in [2.75, 3.05) is 53.5 Å². The Hall–Kier alpha value is 0.230. The molecule has 0 radical (unpaired) electrons. The first-order valence-electron chi connectivity index (χ1n) is 8.44. The number of ether oxygens (including phenoxy) is 2. The molecular formula is C24H71NO2S. The van der Waals surface area contributed by atoms with E-state index in [1.54, 1.807) is 14.2 Å². The zero-order valence-corrected chi connectivity index (χ0v) is 18.6. The van der Waals surface area contributed by atoms with E-state index in [0.717, 1.165) is 13.2 Å². The largest absolute Gasteiger partial charge is 0.385 e. The highest BCUT2D eigenvalue weighted by Gasteiger charge is 1.78. The highest BCUT2D eigenvalue weighted by molar-refractivity contribution is 7.98. The number of hydrogen-bond acceptors (Lipinski definition) is 4. The van der Waals surface area contributed by atoms with E-state index in [0.29, 0.717) is 6.10 Å². The van der Waals surface area contributed by atoms with Crippen LogP contribution in [0.15, 0.2) is 0 Å². The number of thioether (sulfide) groups is 1. The minimum atomic E-state index is 0. The molecule has 0 aliphatic heterocycles. The predicted octanol–water partition coefficient (Wildman–Crippen LogP) is 9.25. The summed E-state index contributed by atoms with van der Waals surface area (Å²) < 4.78 is 9.29. The molecule has 0 spiro atoms. The maximum absolute atomic E-state index is 4.75. The van der Waals surface area contributed by atoms with E-state index in [-0.39, 0.29) is 44.6 Å². The Morgan fingerprint density at radius 2 is 0.929 bits per heavy atom. The fraction of sp³-hybridized carbons (Fsp3) is 1.00. The SMILES string of the molecule is C.C.C.C.C.C.CCCC.CCN(C)C.CCOC.CCSC.COC(C)C. The number of methoxy groups -OCH3 is 2. The summed E-state index contributed by atoms with van der Waals surface area (Å²) in [5, 5.41) is 0. The maximum atomic E-state index is 4.75. The lowest BCUT2D eigenvalue weighted by atomic mass is 10.4. The fourth-order valence-corrected chi connectivity index (χ4v) is 0. The average Bonchev–Trinajstić information content (AvgIpc) is 2.55. The molecule has 0 unspecified atom stereocenters. The molecule has 0 aliphatic rings. The van der Waals surface area contributed by atoms with Gasteiger partial charge in [-0.25, -0.2) is 0 Å². The third kappa shape index (κ3) is 319. The van der Waals surface area contributed by atoms with Crippen molar-refractivity contribution in [2.45, 2.75) is 112 Å². The first kappa shape index (κ1) is 70.5. The molecule has 28 heavy (non-hydrogen) atoms. The molecule has 0 amide bonds. The summed E-state index contributed by atoms with van der Waals surface area (Å²) in [7, 11) is 7.49. The van der Waals surface area contributed by atoms with Gasteiger partial charge in [-0.2, -0.15) is 11.8 Å². The molecule has 0 aromatic heterocycles. The molecule has 0 fully saturated rings. The van der Waals surface area contributed by atoms with Gasteiger partial charge in [0.1, 0.15) is 0 Å². The van der Waals surface area contributed by atoms with Gasteiger partial charge in [0.25, 0.3) is 0 Å². The molecule has 0 saturated heterocycles. The summed E-state index contributed by atoms with van der Waals surface area (Å²) in [4.78, 5) is 2.12. The van der Waals surface area contributed by atoms with Crippen LogP contribution in [0.5, 0.6) is 0 Å². The van der Waals surface area contributed by atoms with Gasteiger partial charge in [0.15, 0.2) is 0 Å². The molecule has 0 aromatic rings. The van der Waals surface area contributed by atoms with E-state index in [4.69, 9.17) is 4.74 Å². The fourth-order valence-electron chi connectivity index (χ4n) is 0. The normalized spacial score (nSPS) is 6.64. The second-order valence-electron chi connectivity index (χ2n) is 4.84. The number of rotatable bonds is 5. The monoisotopic (exact) mass is 438 g/mol. The average molecular weight is 438 g/mol. The number of hydrogen-bond donors (Lipinski definition) is 0. The molecule has 0 rings (SSSR count). The molecule has 0 N–H and O–H groups in total. The van der Waals surface area contributed by atoms with Crippen LogP contribution in [0.1, 0.15) is 106 Å². The topological polar surface area (TPSA) is 21.7 Å². The zero-order chi connectivity index (χ0) is 18.8. The Morgan fingerprint density at radius 3 is 0.929 bits per heavy atom. The summed E-state index contributed by atoms with van der Waals surface area (Å²) in [6, 6.07) is 0. The number of unbranched alkanes of at least 4 members (excludes halogenated alkanes) is 1. The first-order valence-corrected chi connectivity index (χ1v) is 9.83. The van der Waals surface area contributed by atoms with Crippen LogP contribution in [-0.2, 0) is 9.47 Å². The molecular weight excluding hydrogens is 366 g/mol. The standard InChI is InChI=1S/C4H11N.C4H10O.C4H10.C3H8O.C3H8S.6CH4/c1-4-5(2)3;1-4(2)5-3;3*1-3-4-2;;;;;;/h4H2,1-3H3;4H,1-3H3;3-4H2,1-2H3;2*3H2,1-2H3;6*1H4. The van der Waals surface area contributed by atoms with Crippen LogP contribution in [-0.4, -0.2) is 64.5 Å². The summed E-state index contributed by atoms with van der Waals surface area (Å²) in [5.74, 6) is 1.24. The first-order chi connectivity index (χ1) is 10.3. The van der Waals surface area contributed by atoms with Crippen LogP contribution in [0, 0.1) is 0 Å². The van der Waals surface area contributed by atoms with E-state index in [9.17, 15) is 0 Å². The molecule has 0 bridgehead atoms. The Morgan fingerprint density at radius 1 is 0.750 bits per heavy atom. The van der Waals surface area contributed by atoms with Gasteiger partial charge in [0.05, 0.1) is 6.10 Å². The van der Waals surface area contributed by atoms with Gasteiger partial charge in [-0.05, 0) is 53.4 Å². The summed E-state index contributed by atoms with van der Waals surface area (Å²) in [5.41, 5.74) is 0. The molecule has 3 nitrogen and oxygen atoms in total.